The molecule has 0 aliphatic rings. The SMILES string of the molecule is CCC(C)=O.Cc1ccc(C)cc1. The first-order chi connectivity index (χ1) is 6.06. The van der Waals surface area contributed by atoms with E-state index >= 15 is 0 Å². The normalized spacial score (nSPS) is 8.62. The maximum Gasteiger partial charge on any atom is 0.129 e. The van der Waals surface area contributed by atoms with Crippen molar-refractivity contribution in [2.45, 2.75) is 34.1 Å². The standard InChI is InChI=1S/C8H10.C4H8O/c1-7-3-5-8(2)6-4-7;1-3-4(2)5/h3-6H,1-2H3;3H2,1-2H3. The van der Waals surface area contributed by atoms with Crippen molar-refractivity contribution >= 4 is 5.78 Å². The summed E-state index contributed by atoms with van der Waals surface area (Å²) in [4.78, 5) is 9.81. The quantitative estimate of drug-likeness (QED) is 0.645. The Hall–Kier alpha value is -1.11. The van der Waals surface area contributed by atoms with Gasteiger partial charge in [0.1, 0.15) is 5.78 Å². The van der Waals surface area contributed by atoms with Gasteiger partial charge in [-0.2, -0.15) is 0 Å². The highest BCUT2D eigenvalue weighted by molar-refractivity contribution is 5.74. The van der Waals surface area contributed by atoms with Crippen LogP contribution in [0.15, 0.2) is 24.3 Å². The fraction of sp³-hybridized carbons (Fsp3) is 0.417. The van der Waals surface area contributed by atoms with Gasteiger partial charge in [0.25, 0.3) is 0 Å². The zero-order valence-corrected chi connectivity index (χ0v) is 8.92. The molecule has 0 unspecified atom stereocenters. The van der Waals surface area contributed by atoms with Crippen LogP contribution in [0, 0.1) is 13.8 Å². The van der Waals surface area contributed by atoms with Crippen LogP contribution < -0.4 is 0 Å². The van der Waals surface area contributed by atoms with Crippen LogP contribution >= 0.6 is 0 Å². The highest BCUT2D eigenvalue weighted by Gasteiger charge is 1.79. The van der Waals surface area contributed by atoms with Crippen molar-refractivity contribution in [2.75, 3.05) is 0 Å². The number of benzene rings is 1. The zero-order valence-electron chi connectivity index (χ0n) is 8.92. The Labute approximate surface area is 80.8 Å². The van der Waals surface area contributed by atoms with Gasteiger partial charge in [-0.05, 0) is 20.8 Å². The lowest BCUT2D eigenvalue weighted by atomic mass is 10.2. The summed E-state index contributed by atoms with van der Waals surface area (Å²) < 4.78 is 0. The van der Waals surface area contributed by atoms with Gasteiger partial charge < -0.3 is 4.79 Å². The summed E-state index contributed by atoms with van der Waals surface area (Å²) in [5.74, 6) is 0.255. The van der Waals surface area contributed by atoms with Crippen LogP contribution in [-0.2, 0) is 4.79 Å². The van der Waals surface area contributed by atoms with Gasteiger partial charge in [0.15, 0.2) is 0 Å². The minimum atomic E-state index is 0.255. The smallest absolute Gasteiger partial charge is 0.129 e. The Balaban J connectivity index is 0.000000252. The van der Waals surface area contributed by atoms with Crippen LogP contribution in [0.5, 0.6) is 0 Å². The molecule has 0 spiro atoms. The van der Waals surface area contributed by atoms with Gasteiger partial charge in [-0.3, -0.25) is 0 Å². The molecule has 0 saturated carbocycles. The molecule has 0 N–H and O–H groups in total. The second-order valence-corrected chi connectivity index (χ2v) is 3.21. The van der Waals surface area contributed by atoms with E-state index in [9.17, 15) is 4.79 Å². The maximum atomic E-state index is 9.81. The van der Waals surface area contributed by atoms with E-state index in [2.05, 4.69) is 38.1 Å². The topological polar surface area (TPSA) is 17.1 Å². The van der Waals surface area contributed by atoms with Gasteiger partial charge in [-0.15, -0.1) is 0 Å². The number of carbonyl (C=O) groups excluding carboxylic acids is 1. The average Bonchev–Trinajstić information content (AvgIpc) is 2.11. The second kappa shape index (κ2) is 6.41. The molecule has 0 aromatic heterocycles. The van der Waals surface area contributed by atoms with Crippen molar-refractivity contribution in [1.82, 2.24) is 0 Å². The highest BCUT2D eigenvalue weighted by atomic mass is 16.1. The lowest BCUT2D eigenvalue weighted by Gasteiger charge is -1.90. The molecule has 1 aromatic rings. The van der Waals surface area contributed by atoms with Crippen molar-refractivity contribution in [3.63, 3.8) is 0 Å². The molecule has 0 aliphatic carbocycles. The van der Waals surface area contributed by atoms with Crippen molar-refractivity contribution in [2.24, 2.45) is 0 Å². The van der Waals surface area contributed by atoms with E-state index in [-0.39, 0.29) is 5.78 Å². The predicted molar refractivity (Wildman–Crippen MR) is 56.9 cm³/mol. The summed E-state index contributed by atoms with van der Waals surface area (Å²) in [5.41, 5.74) is 2.66. The first kappa shape index (κ1) is 11.9. The molecule has 0 heterocycles. The zero-order chi connectivity index (χ0) is 10.3. The molecular weight excluding hydrogens is 160 g/mol. The Morgan fingerprint density at radius 3 is 1.46 bits per heavy atom. The van der Waals surface area contributed by atoms with Crippen LogP contribution in [0.2, 0.25) is 0 Å². The van der Waals surface area contributed by atoms with E-state index in [1.807, 2.05) is 6.92 Å². The van der Waals surface area contributed by atoms with E-state index in [1.54, 1.807) is 6.92 Å². The van der Waals surface area contributed by atoms with Crippen molar-refractivity contribution in [1.29, 1.82) is 0 Å². The number of aryl methyl sites for hydroxylation is 2. The number of hydrogen-bond acceptors (Lipinski definition) is 1. The molecule has 0 radical (unpaired) electrons. The summed E-state index contributed by atoms with van der Waals surface area (Å²) in [7, 11) is 0. The van der Waals surface area contributed by atoms with E-state index in [0.717, 1.165) is 0 Å². The van der Waals surface area contributed by atoms with Crippen LogP contribution in [0.4, 0.5) is 0 Å². The van der Waals surface area contributed by atoms with E-state index in [4.69, 9.17) is 0 Å². The highest BCUT2D eigenvalue weighted by Crippen LogP contribution is 1.99. The summed E-state index contributed by atoms with van der Waals surface area (Å²) >= 11 is 0. The molecule has 0 saturated heterocycles. The minimum absolute atomic E-state index is 0.255. The minimum Gasteiger partial charge on any atom is -0.300 e. The third-order valence-corrected chi connectivity index (χ3v) is 1.72. The summed E-state index contributed by atoms with van der Waals surface area (Å²) in [5, 5.41) is 0. The molecule has 1 nitrogen and oxygen atoms in total. The molecular formula is C12H18O. The van der Waals surface area contributed by atoms with Crippen molar-refractivity contribution in [3.05, 3.63) is 35.4 Å². The Bertz CT molecular complexity index is 225. The van der Waals surface area contributed by atoms with Gasteiger partial charge in [-0.25, -0.2) is 0 Å². The number of hydrogen-bond donors (Lipinski definition) is 0. The molecule has 0 atom stereocenters. The first-order valence-electron chi connectivity index (χ1n) is 4.59. The average molecular weight is 178 g/mol. The molecule has 0 bridgehead atoms. The lowest BCUT2D eigenvalue weighted by Crippen LogP contribution is -1.80. The lowest BCUT2D eigenvalue weighted by molar-refractivity contribution is -0.116. The third kappa shape index (κ3) is 7.26. The summed E-state index contributed by atoms with van der Waals surface area (Å²) in [6, 6.07) is 8.48. The Morgan fingerprint density at radius 1 is 1.08 bits per heavy atom. The van der Waals surface area contributed by atoms with Gasteiger partial charge >= 0.3 is 0 Å². The van der Waals surface area contributed by atoms with Crippen LogP contribution in [0.25, 0.3) is 0 Å². The largest absolute Gasteiger partial charge is 0.300 e. The van der Waals surface area contributed by atoms with Crippen LogP contribution in [-0.4, -0.2) is 5.78 Å². The molecule has 13 heavy (non-hydrogen) atoms. The van der Waals surface area contributed by atoms with Crippen molar-refractivity contribution in [3.8, 4) is 0 Å². The first-order valence-corrected chi connectivity index (χ1v) is 4.59. The number of Topliss-reactive ketones (excluding diaryl/α,β-unsaturated/α-hetero) is 1. The molecule has 72 valence electrons. The van der Waals surface area contributed by atoms with Crippen LogP contribution in [0.3, 0.4) is 0 Å². The van der Waals surface area contributed by atoms with Crippen LogP contribution in [0.1, 0.15) is 31.4 Å². The second-order valence-electron chi connectivity index (χ2n) is 3.21. The molecule has 1 aromatic carbocycles. The summed E-state index contributed by atoms with van der Waals surface area (Å²) in [6.07, 6.45) is 0.667. The van der Waals surface area contributed by atoms with E-state index in [1.165, 1.54) is 11.1 Å². The molecule has 0 amide bonds. The van der Waals surface area contributed by atoms with Gasteiger partial charge in [-0.1, -0.05) is 42.3 Å². The van der Waals surface area contributed by atoms with Gasteiger partial charge in [0.2, 0.25) is 0 Å². The maximum absolute atomic E-state index is 9.81. The molecule has 0 aliphatic heterocycles. The Kier molecular flexibility index (Phi) is 5.86. The fourth-order valence-corrected chi connectivity index (χ4v) is 0.637. The summed E-state index contributed by atoms with van der Waals surface area (Å²) in [6.45, 7) is 7.63. The van der Waals surface area contributed by atoms with Gasteiger partial charge in [0.05, 0.1) is 0 Å². The number of ketones is 1. The molecule has 0 fully saturated rings. The molecule has 1 heteroatoms. The third-order valence-electron chi connectivity index (χ3n) is 1.72. The number of rotatable bonds is 1. The fourth-order valence-electron chi connectivity index (χ4n) is 0.637. The molecule has 1 rings (SSSR count). The Morgan fingerprint density at radius 2 is 1.31 bits per heavy atom. The van der Waals surface area contributed by atoms with Crippen molar-refractivity contribution < 1.29 is 4.79 Å². The number of carbonyl (C=O) groups is 1. The predicted octanol–water partition coefficient (Wildman–Crippen LogP) is 3.29. The van der Waals surface area contributed by atoms with Gasteiger partial charge in [0, 0.05) is 6.42 Å². The van der Waals surface area contributed by atoms with E-state index < -0.39 is 0 Å². The van der Waals surface area contributed by atoms with E-state index in [0.29, 0.717) is 6.42 Å². The monoisotopic (exact) mass is 178 g/mol.